The average Bonchev–Trinajstić information content (AvgIpc) is 2.89. The van der Waals surface area contributed by atoms with Crippen molar-refractivity contribution in [2.45, 2.75) is 185 Å². The van der Waals surface area contributed by atoms with Gasteiger partial charge in [0, 0.05) is 0 Å². The van der Waals surface area contributed by atoms with Gasteiger partial charge in [0.1, 0.15) is 0 Å². The average molecular weight is 726 g/mol. The second-order valence-electron chi connectivity index (χ2n) is 10.8. The van der Waals surface area contributed by atoms with Gasteiger partial charge < -0.3 is 0 Å². The molecule has 0 aliphatic rings. The van der Waals surface area contributed by atoms with E-state index in [9.17, 15) is 0 Å². The van der Waals surface area contributed by atoms with Gasteiger partial charge in [-0.1, -0.05) is 39.5 Å². The molecule has 3 heteroatoms. The Morgan fingerprint density at radius 1 is 0.429 bits per heavy atom. The molecule has 2 atom stereocenters. The van der Waals surface area contributed by atoms with E-state index in [1.807, 2.05) is 0 Å². The van der Waals surface area contributed by atoms with Crippen LogP contribution in [0.2, 0.25) is 26.6 Å². The zero-order chi connectivity index (χ0) is 27.0. The van der Waals surface area contributed by atoms with E-state index in [1.165, 1.54) is 109 Å². The first-order valence-electron chi connectivity index (χ1n) is 16.4. The van der Waals surface area contributed by atoms with Crippen molar-refractivity contribution in [3.8, 4) is 0 Å². The standard InChI is InChI=1S/C8H19P.6C4H9.2Sn/c1-3-5-6-8(4-2)7-9;6*1-3-4-2;;/h8H,3-7,9H2,1-2H3;6*1,3-4H2,2H3;;. The van der Waals surface area contributed by atoms with E-state index >= 15 is 0 Å². The molecule has 0 heterocycles. The van der Waals surface area contributed by atoms with Crippen molar-refractivity contribution in [3.63, 3.8) is 0 Å². The van der Waals surface area contributed by atoms with Crippen molar-refractivity contribution in [1.82, 2.24) is 0 Å². The van der Waals surface area contributed by atoms with Crippen molar-refractivity contribution in [3.05, 3.63) is 0 Å². The zero-order valence-corrected chi connectivity index (χ0v) is 33.3. The molecular weight excluding hydrogens is 653 g/mol. The summed E-state index contributed by atoms with van der Waals surface area (Å²) in [5.41, 5.74) is 0. The Kier molecular flexibility index (Phi) is 45.3. The molecule has 2 unspecified atom stereocenters. The molecule has 0 N–H and O–H groups in total. The molecule has 0 aromatic heterocycles. The molecule has 0 nitrogen and oxygen atoms in total. The van der Waals surface area contributed by atoms with Crippen molar-refractivity contribution in [2.24, 2.45) is 5.92 Å². The first-order chi connectivity index (χ1) is 17.0. The van der Waals surface area contributed by atoms with Crippen LogP contribution in [0.5, 0.6) is 0 Å². The third-order valence-corrected chi connectivity index (χ3v) is 26.0. The molecule has 0 amide bonds. The second kappa shape index (κ2) is 38.2. The van der Waals surface area contributed by atoms with E-state index < -0.39 is 39.5 Å². The summed E-state index contributed by atoms with van der Waals surface area (Å²) in [5, 5.41) is 0. The van der Waals surface area contributed by atoms with Gasteiger partial charge in [-0.25, -0.2) is 0 Å². The van der Waals surface area contributed by atoms with Crippen molar-refractivity contribution in [1.29, 1.82) is 0 Å². The van der Waals surface area contributed by atoms with Crippen LogP contribution in [0.25, 0.3) is 0 Å². The third kappa shape index (κ3) is 36.0. The fourth-order valence-electron chi connectivity index (χ4n) is 4.29. The van der Waals surface area contributed by atoms with Gasteiger partial charge in [0.15, 0.2) is 0 Å². The molecule has 2 radical (unpaired) electrons. The fraction of sp³-hybridized carbons (Fsp3) is 1.00. The van der Waals surface area contributed by atoms with Crippen LogP contribution in [0.15, 0.2) is 0 Å². The first kappa shape index (κ1) is 41.5. The minimum atomic E-state index is -0.839. The minimum absolute atomic E-state index is 0.839. The van der Waals surface area contributed by atoms with Crippen molar-refractivity contribution >= 4 is 48.8 Å². The maximum absolute atomic E-state index is 2.83. The predicted molar refractivity (Wildman–Crippen MR) is 178 cm³/mol. The summed E-state index contributed by atoms with van der Waals surface area (Å²) in [6, 6.07) is 0. The molecule has 0 fully saturated rings. The Morgan fingerprint density at radius 2 is 0.686 bits per heavy atom. The first-order valence-corrected chi connectivity index (χ1v) is 29.3. The summed E-state index contributed by atoms with van der Waals surface area (Å²) in [5.74, 6) is 0.968. The van der Waals surface area contributed by atoms with Crippen LogP contribution in [0.4, 0.5) is 0 Å². The zero-order valence-electron chi connectivity index (χ0n) is 26.4. The molecular formula is C32H73PSn2. The predicted octanol–water partition coefficient (Wildman–Crippen LogP) is 12.8. The number of hydrogen-bond acceptors (Lipinski definition) is 0. The number of unbranched alkanes of at least 4 members (excludes halogenated alkanes) is 7. The van der Waals surface area contributed by atoms with Crippen LogP contribution in [-0.4, -0.2) is 45.7 Å². The molecule has 0 bridgehead atoms. The molecule has 35 heavy (non-hydrogen) atoms. The van der Waals surface area contributed by atoms with Gasteiger partial charge >= 0.3 is 185 Å². The molecule has 0 aromatic carbocycles. The summed E-state index contributed by atoms with van der Waals surface area (Å²) in [6.45, 7) is 18.5. The van der Waals surface area contributed by atoms with Gasteiger partial charge in [-0.15, -0.1) is 9.24 Å². The SMILES string of the molecule is CCCCC(CC)CP.CCC[CH2][Sn]([CH2]CCC)[CH2]CCC.CCC[CH2][Sn]([CH2]CCC)[CH2]CCC. The monoisotopic (exact) mass is 728 g/mol. The van der Waals surface area contributed by atoms with E-state index in [2.05, 4.69) is 64.6 Å². The van der Waals surface area contributed by atoms with E-state index in [4.69, 9.17) is 0 Å². The normalized spacial score (nSPS) is 11.7. The van der Waals surface area contributed by atoms with E-state index in [0.29, 0.717) is 0 Å². The third-order valence-electron chi connectivity index (χ3n) is 7.18. The van der Waals surface area contributed by atoms with Crippen LogP contribution in [0.1, 0.15) is 158 Å². The molecule has 214 valence electrons. The molecule has 0 rings (SSSR count). The molecule has 0 aromatic rings. The number of rotatable bonds is 23. The Hall–Kier alpha value is 2.03. The van der Waals surface area contributed by atoms with Crippen LogP contribution in [-0.2, 0) is 0 Å². The second-order valence-corrected chi connectivity index (χ2v) is 28.4. The Labute approximate surface area is 243 Å². The quantitative estimate of drug-likeness (QED) is 0.0727. The Balaban J connectivity index is -0.000000448. The summed E-state index contributed by atoms with van der Waals surface area (Å²) in [4.78, 5) is 0. The van der Waals surface area contributed by atoms with Gasteiger partial charge in [0.2, 0.25) is 0 Å². The van der Waals surface area contributed by atoms with Crippen molar-refractivity contribution < 1.29 is 0 Å². The van der Waals surface area contributed by atoms with E-state index in [1.54, 1.807) is 26.6 Å². The molecule has 0 aliphatic heterocycles. The van der Waals surface area contributed by atoms with E-state index in [-0.39, 0.29) is 0 Å². The maximum atomic E-state index is 2.83. The van der Waals surface area contributed by atoms with Crippen LogP contribution < -0.4 is 0 Å². The van der Waals surface area contributed by atoms with Crippen LogP contribution >= 0.6 is 9.24 Å². The Morgan fingerprint density at radius 3 is 0.857 bits per heavy atom. The molecule has 0 saturated carbocycles. The van der Waals surface area contributed by atoms with Crippen LogP contribution in [0.3, 0.4) is 0 Å². The summed E-state index contributed by atoms with van der Waals surface area (Å²) < 4.78 is 10.1. The summed E-state index contributed by atoms with van der Waals surface area (Å²) in [7, 11) is 2.83. The molecule has 0 spiro atoms. The van der Waals surface area contributed by atoms with Crippen molar-refractivity contribution in [2.75, 3.05) is 6.16 Å². The van der Waals surface area contributed by atoms with Gasteiger partial charge in [-0.3, -0.25) is 0 Å². The summed E-state index contributed by atoms with van der Waals surface area (Å²) >= 11 is -1.68. The van der Waals surface area contributed by atoms with E-state index in [0.717, 1.165) is 5.92 Å². The topological polar surface area (TPSA) is 0 Å². The van der Waals surface area contributed by atoms with Gasteiger partial charge in [-0.2, -0.15) is 0 Å². The fourth-order valence-corrected chi connectivity index (χ4v) is 23.8. The van der Waals surface area contributed by atoms with Gasteiger partial charge in [0.25, 0.3) is 0 Å². The molecule has 0 aliphatic carbocycles. The molecule has 0 saturated heterocycles. The van der Waals surface area contributed by atoms with Gasteiger partial charge in [-0.05, 0) is 12.1 Å². The van der Waals surface area contributed by atoms with Crippen LogP contribution in [0, 0.1) is 5.92 Å². The van der Waals surface area contributed by atoms with Gasteiger partial charge in [0.05, 0.1) is 0 Å². The number of hydrogen-bond donors (Lipinski definition) is 0. The Bertz CT molecular complexity index is 271. The summed E-state index contributed by atoms with van der Waals surface area (Å²) in [6.07, 6.45) is 24.5.